The predicted molar refractivity (Wildman–Crippen MR) is 94.3 cm³/mol. The van der Waals surface area contributed by atoms with Crippen molar-refractivity contribution in [2.75, 3.05) is 34.2 Å². The number of carbonyl (C=O) groups is 4. The van der Waals surface area contributed by atoms with Gasteiger partial charge in [-0.15, -0.1) is 11.3 Å². The minimum atomic E-state index is -1.16. The van der Waals surface area contributed by atoms with Crippen LogP contribution >= 0.6 is 11.3 Å². The van der Waals surface area contributed by atoms with E-state index in [9.17, 15) is 19.2 Å². The minimum absolute atomic E-state index is 0.252. The molecule has 1 aliphatic rings. The first-order chi connectivity index (χ1) is 12.2. The van der Waals surface area contributed by atoms with Crippen LogP contribution in [0.25, 0.3) is 0 Å². The number of thiazole rings is 1. The first-order valence-corrected chi connectivity index (χ1v) is 8.77. The highest BCUT2D eigenvalue weighted by molar-refractivity contribution is 7.13. The van der Waals surface area contributed by atoms with E-state index in [-0.39, 0.29) is 11.6 Å². The normalized spacial score (nSPS) is 14.9. The highest BCUT2D eigenvalue weighted by Gasteiger charge is 2.27. The zero-order chi connectivity index (χ0) is 19.4. The monoisotopic (exact) mass is 382 g/mol. The summed E-state index contributed by atoms with van der Waals surface area (Å²) < 4.78 is 0. The number of hydrogen-bond acceptors (Lipinski definition) is 7. The van der Waals surface area contributed by atoms with E-state index in [4.69, 9.17) is 5.73 Å². The number of carbonyl (C=O) groups excluding carboxylic acids is 4. The van der Waals surface area contributed by atoms with Gasteiger partial charge in [-0.05, 0) is 7.05 Å². The standard InChI is InChI=1S/C15H22N6O4S/c1-20(2)15(25)9(6-17-12(23)11(16)22)18-13(24)14-19-8-4-5-21(3)7-10(8)26-14/h9H,4-7H2,1-3H3,(H2,16,22)(H,17,23)(H,18,24)/t9-/m1/s1. The lowest BCUT2D eigenvalue weighted by Crippen LogP contribution is -2.53. The van der Waals surface area contributed by atoms with Crippen molar-refractivity contribution in [3.63, 3.8) is 0 Å². The Morgan fingerprint density at radius 1 is 1.35 bits per heavy atom. The first-order valence-electron chi connectivity index (χ1n) is 7.95. The molecule has 0 fully saturated rings. The van der Waals surface area contributed by atoms with E-state index in [0.29, 0.717) is 0 Å². The zero-order valence-electron chi connectivity index (χ0n) is 14.9. The summed E-state index contributed by atoms with van der Waals surface area (Å²) in [7, 11) is 5.04. The molecule has 2 heterocycles. The van der Waals surface area contributed by atoms with E-state index < -0.39 is 29.7 Å². The molecule has 1 aromatic heterocycles. The number of nitrogens with two attached hydrogens (primary N) is 1. The van der Waals surface area contributed by atoms with Crippen molar-refractivity contribution in [1.29, 1.82) is 0 Å². The number of likely N-dealkylation sites (N-methyl/N-ethyl adjacent to an activating group) is 2. The molecule has 0 bridgehead atoms. The van der Waals surface area contributed by atoms with Crippen molar-refractivity contribution in [2.45, 2.75) is 19.0 Å². The molecular formula is C15H22N6O4S. The summed E-state index contributed by atoms with van der Waals surface area (Å²) in [5.74, 6) is -3.11. The lowest BCUT2D eigenvalue weighted by molar-refractivity contribution is -0.137. The maximum atomic E-state index is 12.5. The molecule has 0 aliphatic carbocycles. The number of aromatic nitrogens is 1. The van der Waals surface area contributed by atoms with E-state index in [1.54, 1.807) is 0 Å². The molecule has 10 nitrogen and oxygen atoms in total. The third kappa shape index (κ3) is 4.76. The Labute approximate surface area is 154 Å². The van der Waals surface area contributed by atoms with Crippen LogP contribution in [0, 0.1) is 0 Å². The van der Waals surface area contributed by atoms with Gasteiger partial charge in [0.15, 0.2) is 5.01 Å². The molecule has 1 aromatic rings. The lowest BCUT2D eigenvalue weighted by Gasteiger charge is -2.21. The molecule has 142 valence electrons. The van der Waals surface area contributed by atoms with Gasteiger partial charge in [0.1, 0.15) is 6.04 Å². The number of primary amides is 1. The third-order valence-electron chi connectivity index (χ3n) is 3.85. The summed E-state index contributed by atoms with van der Waals surface area (Å²) >= 11 is 1.29. The van der Waals surface area contributed by atoms with Crippen molar-refractivity contribution >= 4 is 35.0 Å². The number of hydrogen-bond donors (Lipinski definition) is 3. The smallest absolute Gasteiger partial charge is 0.309 e. The molecule has 0 unspecified atom stereocenters. The van der Waals surface area contributed by atoms with Gasteiger partial charge in [-0.2, -0.15) is 0 Å². The maximum absolute atomic E-state index is 12.5. The highest BCUT2D eigenvalue weighted by Crippen LogP contribution is 2.24. The Morgan fingerprint density at radius 3 is 2.65 bits per heavy atom. The van der Waals surface area contributed by atoms with Crippen molar-refractivity contribution in [2.24, 2.45) is 5.73 Å². The summed E-state index contributed by atoms with van der Waals surface area (Å²) in [5, 5.41) is 5.06. The number of rotatable bonds is 5. The number of fused-ring (bicyclic) bond motifs is 1. The van der Waals surface area contributed by atoms with Gasteiger partial charge in [0.2, 0.25) is 5.91 Å². The fraction of sp³-hybridized carbons (Fsp3) is 0.533. The topological polar surface area (TPSA) is 138 Å². The molecular weight excluding hydrogens is 360 g/mol. The second-order valence-electron chi connectivity index (χ2n) is 6.21. The summed E-state index contributed by atoms with van der Waals surface area (Å²) in [5.41, 5.74) is 5.77. The molecule has 26 heavy (non-hydrogen) atoms. The number of nitrogens with zero attached hydrogens (tertiary/aromatic N) is 3. The first kappa shape index (κ1) is 19.8. The lowest BCUT2D eigenvalue weighted by atomic mass is 10.2. The van der Waals surface area contributed by atoms with Crippen LogP contribution in [0.1, 0.15) is 20.4 Å². The van der Waals surface area contributed by atoms with Gasteiger partial charge in [-0.3, -0.25) is 19.2 Å². The van der Waals surface area contributed by atoms with Crippen LogP contribution in [-0.2, 0) is 27.3 Å². The Bertz CT molecular complexity index is 732. The molecule has 4 amide bonds. The van der Waals surface area contributed by atoms with E-state index in [1.165, 1.54) is 30.3 Å². The van der Waals surface area contributed by atoms with Gasteiger partial charge in [-0.1, -0.05) is 0 Å². The van der Waals surface area contributed by atoms with E-state index in [2.05, 4.69) is 20.5 Å². The Kier molecular flexibility index (Phi) is 6.27. The largest absolute Gasteiger partial charge is 0.361 e. The molecule has 0 saturated heterocycles. The van der Waals surface area contributed by atoms with Crippen molar-refractivity contribution in [3.8, 4) is 0 Å². The molecule has 0 saturated carbocycles. The van der Waals surface area contributed by atoms with Crippen molar-refractivity contribution in [3.05, 3.63) is 15.6 Å². The van der Waals surface area contributed by atoms with E-state index in [1.807, 2.05) is 7.05 Å². The van der Waals surface area contributed by atoms with E-state index >= 15 is 0 Å². The minimum Gasteiger partial charge on any atom is -0.361 e. The van der Waals surface area contributed by atoms with Gasteiger partial charge in [0.25, 0.3) is 5.91 Å². The van der Waals surface area contributed by atoms with Gasteiger partial charge in [0.05, 0.1) is 5.69 Å². The SMILES string of the molecule is CN1CCc2nc(C(=O)N[C@H](CNC(=O)C(N)=O)C(=O)N(C)C)sc2C1. The van der Waals surface area contributed by atoms with Crippen LogP contribution in [-0.4, -0.2) is 78.7 Å². The number of amides is 4. The Balaban J connectivity index is 2.09. The van der Waals surface area contributed by atoms with Crippen LogP contribution in [0.2, 0.25) is 0 Å². The quantitative estimate of drug-likeness (QED) is 0.500. The van der Waals surface area contributed by atoms with Crippen LogP contribution in [0.5, 0.6) is 0 Å². The fourth-order valence-corrected chi connectivity index (χ4v) is 3.53. The summed E-state index contributed by atoms with van der Waals surface area (Å²) in [4.78, 5) is 55.7. The van der Waals surface area contributed by atoms with Crippen molar-refractivity contribution in [1.82, 2.24) is 25.4 Å². The summed E-state index contributed by atoms with van der Waals surface area (Å²) in [6, 6.07) is -1.04. The molecule has 1 atom stereocenters. The Morgan fingerprint density at radius 2 is 2.04 bits per heavy atom. The number of nitrogens with one attached hydrogen (secondary N) is 2. The van der Waals surface area contributed by atoms with Gasteiger partial charge >= 0.3 is 11.8 Å². The van der Waals surface area contributed by atoms with Crippen LogP contribution in [0.15, 0.2) is 0 Å². The molecule has 1 aliphatic heterocycles. The molecule has 0 spiro atoms. The highest BCUT2D eigenvalue weighted by atomic mass is 32.1. The second kappa shape index (κ2) is 8.23. The molecule has 11 heteroatoms. The predicted octanol–water partition coefficient (Wildman–Crippen LogP) is -2.08. The maximum Gasteiger partial charge on any atom is 0.309 e. The average molecular weight is 382 g/mol. The van der Waals surface area contributed by atoms with Crippen LogP contribution in [0.4, 0.5) is 0 Å². The van der Waals surface area contributed by atoms with Gasteiger partial charge in [0, 0.05) is 45.0 Å². The molecule has 2 rings (SSSR count). The fourth-order valence-electron chi connectivity index (χ4n) is 2.43. The van der Waals surface area contributed by atoms with E-state index in [0.717, 1.165) is 30.1 Å². The molecule has 0 radical (unpaired) electrons. The summed E-state index contributed by atoms with van der Waals surface area (Å²) in [6.07, 6.45) is 0.768. The third-order valence-corrected chi connectivity index (χ3v) is 4.93. The van der Waals surface area contributed by atoms with Gasteiger partial charge in [-0.25, -0.2) is 4.98 Å². The second-order valence-corrected chi connectivity index (χ2v) is 7.29. The Hall–Kier alpha value is -2.53. The van der Waals surface area contributed by atoms with Crippen molar-refractivity contribution < 1.29 is 19.2 Å². The zero-order valence-corrected chi connectivity index (χ0v) is 15.7. The average Bonchev–Trinajstić information content (AvgIpc) is 3.00. The summed E-state index contributed by atoms with van der Waals surface area (Å²) in [6.45, 7) is 1.35. The van der Waals surface area contributed by atoms with Crippen LogP contribution in [0.3, 0.4) is 0 Å². The molecule has 0 aromatic carbocycles. The van der Waals surface area contributed by atoms with Gasteiger partial charge < -0.3 is 26.2 Å². The molecule has 4 N–H and O–H groups in total. The van der Waals surface area contributed by atoms with Crippen LogP contribution < -0.4 is 16.4 Å².